The standard InChI is InChI=1S/C18H28N2O3/c1-13-7-14(9-15(8-13)22-6)10-19-16(21)20-11-17(2,3)23-18(4,5)12-20/h7-9H,10-12H2,1-6H3,(H,19,21). The average Bonchev–Trinajstić information content (AvgIpc) is 2.40. The molecule has 5 heteroatoms. The fraction of sp³-hybridized carbons (Fsp3) is 0.611. The van der Waals surface area contributed by atoms with Crippen LogP contribution in [0.3, 0.4) is 0 Å². The topological polar surface area (TPSA) is 50.8 Å². The molecule has 0 spiro atoms. The van der Waals surface area contributed by atoms with Crippen molar-refractivity contribution in [3.8, 4) is 5.75 Å². The summed E-state index contributed by atoms with van der Waals surface area (Å²) in [6.45, 7) is 11.7. The number of methoxy groups -OCH3 is 1. The Morgan fingerprint density at radius 2 is 1.83 bits per heavy atom. The molecule has 1 fully saturated rings. The molecule has 1 aromatic carbocycles. The minimum absolute atomic E-state index is 0.0603. The summed E-state index contributed by atoms with van der Waals surface area (Å²) in [6.07, 6.45) is 0. The van der Waals surface area contributed by atoms with E-state index >= 15 is 0 Å². The highest BCUT2D eigenvalue weighted by molar-refractivity contribution is 5.74. The number of amides is 2. The molecule has 0 unspecified atom stereocenters. The van der Waals surface area contributed by atoms with Gasteiger partial charge in [-0.2, -0.15) is 0 Å². The molecule has 0 atom stereocenters. The molecule has 1 saturated heterocycles. The van der Waals surface area contributed by atoms with Gasteiger partial charge in [0.2, 0.25) is 0 Å². The second-order valence-corrected chi connectivity index (χ2v) is 7.49. The number of carbonyl (C=O) groups excluding carboxylic acids is 1. The molecular formula is C18H28N2O3. The third kappa shape index (κ3) is 4.86. The second kappa shape index (κ2) is 6.40. The van der Waals surface area contributed by atoms with Crippen LogP contribution in [-0.4, -0.2) is 42.3 Å². The summed E-state index contributed by atoms with van der Waals surface area (Å²) in [5.74, 6) is 0.808. The van der Waals surface area contributed by atoms with Gasteiger partial charge in [0.15, 0.2) is 0 Å². The van der Waals surface area contributed by atoms with Gasteiger partial charge in [0.1, 0.15) is 5.75 Å². The van der Waals surface area contributed by atoms with Crippen LogP contribution in [0.4, 0.5) is 4.79 Å². The third-order valence-corrected chi connectivity index (χ3v) is 3.77. The molecule has 0 saturated carbocycles. The fourth-order valence-corrected chi connectivity index (χ4v) is 3.27. The monoisotopic (exact) mass is 320 g/mol. The number of morpholine rings is 1. The lowest BCUT2D eigenvalue weighted by molar-refractivity contribution is -0.170. The number of rotatable bonds is 3. The number of nitrogens with zero attached hydrogens (tertiary/aromatic N) is 1. The summed E-state index contributed by atoms with van der Waals surface area (Å²) in [4.78, 5) is 14.3. The Morgan fingerprint density at radius 1 is 1.22 bits per heavy atom. The number of aryl methyl sites for hydroxylation is 1. The Hall–Kier alpha value is -1.75. The zero-order valence-electron chi connectivity index (χ0n) is 15.0. The van der Waals surface area contributed by atoms with Crippen molar-refractivity contribution in [1.29, 1.82) is 0 Å². The van der Waals surface area contributed by atoms with Gasteiger partial charge >= 0.3 is 6.03 Å². The largest absolute Gasteiger partial charge is 0.497 e. The number of hydrogen-bond acceptors (Lipinski definition) is 3. The van der Waals surface area contributed by atoms with E-state index in [1.54, 1.807) is 7.11 Å². The highest BCUT2D eigenvalue weighted by atomic mass is 16.5. The fourth-order valence-electron chi connectivity index (χ4n) is 3.27. The van der Waals surface area contributed by atoms with E-state index in [-0.39, 0.29) is 17.2 Å². The van der Waals surface area contributed by atoms with E-state index in [4.69, 9.17) is 9.47 Å². The molecule has 2 amide bonds. The first-order valence-electron chi connectivity index (χ1n) is 7.98. The number of carbonyl (C=O) groups is 1. The van der Waals surface area contributed by atoms with Crippen LogP contribution in [0.25, 0.3) is 0 Å². The Balaban J connectivity index is 2.01. The molecule has 0 bridgehead atoms. The van der Waals surface area contributed by atoms with Gasteiger partial charge in [0.25, 0.3) is 0 Å². The lowest BCUT2D eigenvalue weighted by atomic mass is 9.99. The Bertz CT molecular complexity index is 566. The number of ether oxygens (including phenoxy) is 2. The molecule has 1 aromatic rings. The molecular weight excluding hydrogens is 292 g/mol. The van der Waals surface area contributed by atoms with Crippen molar-refractivity contribution in [3.05, 3.63) is 29.3 Å². The molecule has 0 aromatic heterocycles. The maximum atomic E-state index is 12.5. The van der Waals surface area contributed by atoms with Crippen molar-refractivity contribution < 1.29 is 14.3 Å². The van der Waals surface area contributed by atoms with Crippen molar-refractivity contribution in [2.24, 2.45) is 0 Å². The SMILES string of the molecule is COc1cc(C)cc(CNC(=O)N2CC(C)(C)OC(C)(C)C2)c1. The Labute approximate surface area is 139 Å². The number of hydrogen-bond donors (Lipinski definition) is 1. The van der Waals surface area contributed by atoms with Crippen molar-refractivity contribution in [2.75, 3.05) is 20.2 Å². The zero-order chi connectivity index (χ0) is 17.3. The van der Waals surface area contributed by atoms with E-state index in [1.165, 1.54) is 0 Å². The Kier molecular flexibility index (Phi) is 4.90. The van der Waals surface area contributed by atoms with Crippen LogP contribution >= 0.6 is 0 Å². The van der Waals surface area contributed by atoms with Gasteiger partial charge in [-0.1, -0.05) is 6.07 Å². The smallest absolute Gasteiger partial charge is 0.317 e. The number of benzene rings is 1. The highest BCUT2D eigenvalue weighted by Gasteiger charge is 2.39. The van der Waals surface area contributed by atoms with Crippen molar-refractivity contribution in [3.63, 3.8) is 0 Å². The normalized spacial score (nSPS) is 19.3. The molecule has 1 aliphatic heterocycles. The highest BCUT2D eigenvalue weighted by Crippen LogP contribution is 2.28. The maximum Gasteiger partial charge on any atom is 0.317 e. The predicted octanol–water partition coefficient (Wildman–Crippen LogP) is 3.10. The summed E-state index contributed by atoms with van der Waals surface area (Å²) in [5.41, 5.74) is 1.46. The van der Waals surface area contributed by atoms with Gasteiger partial charge in [-0.15, -0.1) is 0 Å². The third-order valence-electron chi connectivity index (χ3n) is 3.77. The van der Waals surface area contributed by atoms with Crippen LogP contribution in [0.5, 0.6) is 5.75 Å². The van der Waals surface area contributed by atoms with E-state index in [9.17, 15) is 4.79 Å². The van der Waals surface area contributed by atoms with Crippen molar-refractivity contribution in [1.82, 2.24) is 10.2 Å². The molecule has 128 valence electrons. The van der Waals surface area contributed by atoms with Crippen LogP contribution < -0.4 is 10.1 Å². The minimum Gasteiger partial charge on any atom is -0.497 e. The summed E-state index contributed by atoms with van der Waals surface area (Å²) in [7, 11) is 1.65. The quantitative estimate of drug-likeness (QED) is 0.931. The molecule has 1 aliphatic rings. The molecule has 5 nitrogen and oxygen atoms in total. The van der Waals surface area contributed by atoms with Gasteiger partial charge < -0.3 is 19.7 Å². The zero-order valence-corrected chi connectivity index (χ0v) is 15.0. The van der Waals surface area contributed by atoms with Gasteiger partial charge in [-0.25, -0.2) is 4.79 Å². The van der Waals surface area contributed by atoms with Crippen LogP contribution in [-0.2, 0) is 11.3 Å². The van der Waals surface area contributed by atoms with E-state index in [1.807, 2.05) is 51.7 Å². The molecule has 0 aliphatic carbocycles. The van der Waals surface area contributed by atoms with Crippen LogP contribution in [0.15, 0.2) is 18.2 Å². The number of urea groups is 1. The predicted molar refractivity (Wildman–Crippen MR) is 90.8 cm³/mol. The van der Waals surface area contributed by atoms with Crippen LogP contribution in [0.1, 0.15) is 38.8 Å². The van der Waals surface area contributed by atoms with E-state index < -0.39 is 0 Å². The van der Waals surface area contributed by atoms with Gasteiger partial charge in [0.05, 0.1) is 31.4 Å². The summed E-state index contributed by atoms with van der Waals surface area (Å²) in [6, 6.07) is 5.91. The van der Waals surface area contributed by atoms with Crippen molar-refractivity contribution >= 4 is 6.03 Å². The summed E-state index contributed by atoms with van der Waals surface area (Å²) in [5, 5.41) is 3.00. The molecule has 0 radical (unpaired) electrons. The van der Waals surface area contributed by atoms with E-state index in [2.05, 4.69) is 11.4 Å². The van der Waals surface area contributed by atoms with Gasteiger partial charge in [-0.3, -0.25) is 0 Å². The summed E-state index contributed by atoms with van der Waals surface area (Å²) < 4.78 is 11.3. The first kappa shape index (κ1) is 17.6. The van der Waals surface area contributed by atoms with Crippen molar-refractivity contribution in [2.45, 2.75) is 52.4 Å². The molecule has 1 heterocycles. The average molecular weight is 320 g/mol. The van der Waals surface area contributed by atoms with E-state index in [0.717, 1.165) is 16.9 Å². The minimum atomic E-state index is -0.342. The molecule has 23 heavy (non-hydrogen) atoms. The van der Waals surface area contributed by atoms with E-state index in [0.29, 0.717) is 19.6 Å². The van der Waals surface area contributed by atoms with Crippen LogP contribution in [0.2, 0.25) is 0 Å². The lowest BCUT2D eigenvalue weighted by Gasteiger charge is -2.47. The Morgan fingerprint density at radius 3 is 2.39 bits per heavy atom. The first-order valence-corrected chi connectivity index (χ1v) is 7.98. The first-order chi connectivity index (χ1) is 10.6. The van der Waals surface area contributed by atoms with Gasteiger partial charge in [-0.05, 0) is 57.9 Å². The molecule has 1 N–H and O–H groups in total. The maximum absolute atomic E-state index is 12.5. The molecule has 2 rings (SSSR count). The number of nitrogens with one attached hydrogen (secondary N) is 1. The van der Waals surface area contributed by atoms with Gasteiger partial charge in [0, 0.05) is 6.54 Å². The second-order valence-electron chi connectivity index (χ2n) is 7.49. The summed E-state index contributed by atoms with van der Waals surface area (Å²) >= 11 is 0. The lowest BCUT2D eigenvalue weighted by Crippen LogP contribution is -2.60. The van der Waals surface area contributed by atoms with Crippen LogP contribution in [0, 0.1) is 6.92 Å².